The van der Waals surface area contributed by atoms with Crippen LogP contribution in [0.2, 0.25) is 0 Å². The third kappa shape index (κ3) is 4.44. The second-order valence-electron chi connectivity index (χ2n) is 7.50. The summed E-state index contributed by atoms with van der Waals surface area (Å²) in [5.74, 6) is 0.359. The largest absolute Gasteiger partial charge is 0.497 e. The van der Waals surface area contributed by atoms with Gasteiger partial charge in [0, 0.05) is 29.6 Å². The van der Waals surface area contributed by atoms with Gasteiger partial charge in [0.05, 0.1) is 29.8 Å². The number of amides is 1. The topological polar surface area (TPSA) is 141 Å². The fraction of sp³-hybridized carbons (Fsp3) is 0.0800. The van der Waals surface area contributed by atoms with E-state index in [1.807, 2.05) is 54.6 Å². The number of rotatable bonds is 6. The number of hydrogen-bond acceptors (Lipinski definition) is 9. The van der Waals surface area contributed by atoms with Crippen molar-refractivity contribution >= 4 is 28.9 Å². The first-order chi connectivity index (χ1) is 17.2. The molecule has 1 atom stereocenters. The predicted molar refractivity (Wildman–Crippen MR) is 131 cm³/mol. The zero-order chi connectivity index (χ0) is 24.2. The molecule has 0 spiro atoms. The van der Waals surface area contributed by atoms with Crippen LogP contribution in [-0.2, 0) is 4.79 Å². The van der Waals surface area contributed by atoms with E-state index in [-0.39, 0.29) is 17.8 Å². The SMILES string of the molecule is COc1ccnc(C(=CN)c2nnc(N[C@H]3N=C(c4ccccc4)c4ccccc4NC3=O)o2)c1. The van der Waals surface area contributed by atoms with Crippen molar-refractivity contribution in [3.05, 3.63) is 102 Å². The average Bonchev–Trinajstić information content (AvgIpc) is 3.30. The highest BCUT2D eigenvalue weighted by molar-refractivity contribution is 6.19. The molecular weight excluding hydrogens is 446 g/mol. The van der Waals surface area contributed by atoms with Gasteiger partial charge in [-0.05, 0) is 12.1 Å². The quantitative estimate of drug-likeness (QED) is 0.393. The summed E-state index contributed by atoms with van der Waals surface area (Å²) in [7, 11) is 1.56. The van der Waals surface area contributed by atoms with Gasteiger partial charge in [0.1, 0.15) is 5.75 Å². The van der Waals surface area contributed by atoms with E-state index < -0.39 is 6.17 Å². The number of benzene rings is 2. The lowest BCUT2D eigenvalue weighted by atomic mass is 10.0. The van der Waals surface area contributed by atoms with Crippen LogP contribution in [0.5, 0.6) is 5.75 Å². The minimum atomic E-state index is -1.02. The molecule has 0 saturated heterocycles. The maximum Gasteiger partial charge on any atom is 0.317 e. The van der Waals surface area contributed by atoms with Gasteiger partial charge in [-0.1, -0.05) is 53.6 Å². The van der Waals surface area contributed by atoms with Gasteiger partial charge in [0.15, 0.2) is 0 Å². The second-order valence-corrected chi connectivity index (χ2v) is 7.50. The molecule has 10 nitrogen and oxygen atoms in total. The van der Waals surface area contributed by atoms with Crippen LogP contribution in [0.4, 0.5) is 11.7 Å². The van der Waals surface area contributed by atoms with Crippen LogP contribution in [0.1, 0.15) is 22.7 Å². The molecule has 0 fully saturated rings. The first-order valence-electron chi connectivity index (χ1n) is 10.7. The molecule has 0 unspecified atom stereocenters. The molecule has 4 aromatic rings. The molecule has 1 amide bonds. The van der Waals surface area contributed by atoms with Crippen LogP contribution in [-0.4, -0.2) is 40.1 Å². The lowest BCUT2D eigenvalue weighted by molar-refractivity contribution is -0.116. The van der Waals surface area contributed by atoms with Gasteiger partial charge < -0.3 is 25.5 Å². The molecular formula is C25H21N7O3. The van der Waals surface area contributed by atoms with Crippen LogP contribution >= 0.6 is 0 Å². The number of nitrogens with two attached hydrogens (primary N) is 1. The zero-order valence-corrected chi connectivity index (χ0v) is 18.7. The Morgan fingerprint density at radius 1 is 1.11 bits per heavy atom. The van der Waals surface area contributed by atoms with Crippen LogP contribution in [0.15, 0.2) is 88.5 Å². The monoisotopic (exact) mass is 467 g/mol. The number of nitrogens with zero attached hydrogens (tertiary/aromatic N) is 4. The Balaban J connectivity index is 1.47. The van der Waals surface area contributed by atoms with Crippen molar-refractivity contribution < 1.29 is 13.9 Å². The van der Waals surface area contributed by atoms with E-state index in [1.54, 1.807) is 25.4 Å². The summed E-state index contributed by atoms with van der Waals surface area (Å²) in [5.41, 5.74) is 9.71. The van der Waals surface area contributed by atoms with Crippen molar-refractivity contribution in [1.82, 2.24) is 15.2 Å². The van der Waals surface area contributed by atoms with Crippen molar-refractivity contribution in [1.29, 1.82) is 0 Å². The van der Waals surface area contributed by atoms with E-state index in [9.17, 15) is 4.79 Å². The van der Waals surface area contributed by atoms with Crippen molar-refractivity contribution in [3.8, 4) is 5.75 Å². The third-order valence-electron chi connectivity index (χ3n) is 5.32. The zero-order valence-electron chi connectivity index (χ0n) is 18.7. The number of methoxy groups -OCH3 is 1. The number of ether oxygens (including phenoxy) is 1. The van der Waals surface area contributed by atoms with Crippen molar-refractivity contribution in [2.24, 2.45) is 10.7 Å². The number of nitrogens with one attached hydrogen (secondary N) is 2. The van der Waals surface area contributed by atoms with Gasteiger partial charge in [-0.25, -0.2) is 4.99 Å². The summed E-state index contributed by atoms with van der Waals surface area (Å²) >= 11 is 0. The van der Waals surface area contributed by atoms with Gasteiger partial charge in [-0.3, -0.25) is 9.78 Å². The maximum atomic E-state index is 13.0. The first-order valence-corrected chi connectivity index (χ1v) is 10.7. The van der Waals surface area contributed by atoms with E-state index in [0.717, 1.165) is 11.1 Å². The van der Waals surface area contributed by atoms with E-state index in [0.29, 0.717) is 28.4 Å². The fourth-order valence-electron chi connectivity index (χ4n) is 3.64. The Kier molecular flexibility index (Phi) is 5.91. The van der Waals surface area contributed by atoms with E-state index in [1.165, 1.54) is 6.20 Å². The lowest BCUT2D eigenvalue weighted by Crippen LogP contribution is -2.32. The lowest BCUT2D eigenvalue weighted by Gasteiger charge is -2.11. The molecule has 3 heterocycles. The molecule has 0 radical (unpaired) electrons. The molecule has 1 aliphatic rings. The normalized spacial score (nSPS) is 15.5. The molecule has 0 saturated carbocycles. The van der Waals surface area contributed by atoms with Crippen LogP contribution in [0, 0.1) is 0 Å². The number of carbonyl (C=O) groups is 1. The Morgan fingerprint density at radius 2 is 1.91 bits per heavy atom. The average molecular weight is 467 g/mol. The molecule has 0 aliphatic carbocycles. The number of anilines is 2. The number of aromatic nitrogens is 3. The number of aliphatic imine (C=N–C) groups is 1. The summed E-state index contributed by atoms with van der Waals surface area (Å²) in [6.07, 6.45) is 1.88. The van der Waals surface area contributed by atoms with Crippen molar-refractivity contribution in [3.63, 3.8) is 0 Å². The standard InChI is InChI=1S/C25H21N7O3/c1-34-16-11-12-27-20(13-16)18(14-26)24-31-32-25(35-24)30-22-23(33)28-19-10-6-5-9-17(19)21(29-22)15-7-3-2-4-8-15/h2-14,22H,26H2,1H3,(H,28,33)(H,30,32)/t22-/m1/s1. The number of benzodiazepines with no additional fused rings is 1. The Bertz CT molecular complexity index is 1430. The molecule has 10 heteroatoms. The molecule has 0 bridgehead atoms. The van der Waals surface area contributed by atoms with Gasteiger partial charge in [-0.2, -0.15) is 0 Å². The number of fused-ring (bicyclic) bond motifs is 1. The Morgan fingerprint density at radius 3 is 2.71 bits per heavy atom. The number of carbonyl (C=O) groups excluding carboxylic acids is 1. The molecule has 2 aromatic carbocycles. The van der Waals surface area contributed by atoms with E-state index in [4.69, 9.17) is 19.9 Å². The summed E-state index contributed by atoms with van der Waals surface area (Å²) in [6, 6.07) is 20.5. The summed E-state index contributed by atoms with van der Waals surface area (Å²) in [4.78, 5) is 22.0. The third-order valence-corrected chi connectivity index (χ3v) is 5.32. The minimum Gasteiger partial charge on any atom is -0.497 e. The molecule has 4 N–H and O–H groups in total. The van der Waals surface area contributed by atoms with E-state index in [2.05, 4.69) is 25.8 Å². The van der Waals surface area contributed by atoms with E-state index >= 15 is 0 Å². The smallest absolute Gasteiger partial charge is 0.317 e. The molecule has 5 rings (SSSR count). The molecule has 2 aromatic heterocycles. The molecule has 1 aliphatic heterocycles. The highest BCUT2D eigenvalue weighted by Gasteiger charge is 2.27. The Hall–Kier alpha value is -4.99. The number of pyridine rings is 1. The summed E-state index contributed by atoms with van der Waals surface area (Å²) in [6.45, 7) is 0. The fourth-order valence-corrected chi connectivity index (χ4v) is 3.64. The maximum absolute atomic E-state index is 13.0. The van der Waals surface area contributed by atoms with Crippen LogP contribution in [0.25, 0.3) is 5.57 Å². The molecule has 35 heavy (non-hydrogen) atoms. The van der Waals surface area contributed by atoms with Crippen molar-refractivity contribution in [2.45, 2.75) is 6.17 Å². The first kappa shape index (κ1) is 21.8. The summed E-state index contributed by atoms with van der Waals surface area (Å²) < 4.78 is 11.0. The highest BCUT2D eigenvalue weighted by Crippen LogP contribution is 2.26. The van der Waals surface area contributed by atoms with Crippen molar-refractivity contribution in [2.75, 3.05) is 17.7 Å². The predicted octanol–water partition coefficient (Wildman–Crippen LogP) is 3.05. The molecule has 174 valence electrons. The highest BCUT2D eigenvalue weighted by atomic mass is 16.5. The number of para-hydroxylation sites is 1. The van der Waals surface area contributed by atoms with Crippen LogP contribution in [0.3, 0.4) is 0 Å². The van der Waals surface area contributed by atoms with Gasteiger partial charge in [-0.15, -0.1) is 5.10 Å². The van der Waals surface area contributed by atoms with Gasteiger partial charge in [0.2, 0.25) is 6.17 Å². The van der Waals surface area contributed by atoms with Gasteiger partial charge in [0.25, 0.3) is 11.8 Å². The van der Waals surface area contributed by atoms with Crippen LogP contribution < -0.4 is 21.1 Å². The minimum absolute atomic E-state index is 0.00418. The number of hydrogen-bond donors (Lipinski definition) is 3. The second kappa shape index (κ2) is 9.48. The Labute approximate surface area is 200 Å². The summed E-state index contributed by atoms with van der Waals surface area (Å²) in [5, 5.41) is 13.9. The van der Waals surface area contributed by atoms with Gasteiger partial charge >= 0.3 is 6.01 Å².